The van der Waals surface area contributed by atoms with Crippen LogP contribution in [0.4, 0.5) is 11.5 Å². The first-order valence-electron chi connectivity index (χ1n) is 13.0. The molecule has 2 saturated heterocycles. The molecule has 0 bridgehead atoms. The van der Waals surface area contributed by atoms with Gasteiger partial charge >= 0.3 is 0 Å². The maximum Gasteiger partial charge on any atom is 0.128 e. The number of aromatic nitrogens is 2. The molecule has 0 radical (unpaired) electrons. The van der Waals surface area contributed by atoms with Crippen molar-refractivity contribution in [1.29, 1.82) is 5.26 Å². The Morgan fingerprint density at radius 2 is 1.97 bits per heavy atom. The Kier molecular flexibility index (Phi) is 6.45. The number of nitriles is 1. The molecule has 3 aromatic rings. The molecule has 8 nitrogen and oxygen atoms in total. The van der Waals surface area contributed by atoms with E-state index in [1.165, 1.54) is 11.3 Å². The van der Waals surface area contributed by atoms with E-state index in [1.54, 1.807) is 6.20 Å². The molecule has 0 spiro atoms. The van der Waals surface area contributed by atoms with Crippen LogP contribution >= 0.6 is 0 Å². The molecule has 0 aliphatic carbocycles. The molecular formula is C28H33N7O. The maximum atomic E-state index is 9.51. The lowest BCUT2D eigenvalue weighted by Gasteiger charge is -2.42. The predicted octanol–water partition coefficient (Wildman–Crippen LogP) is 2.56. The van der Waals surface area contributed by atoms with E-state index in [1.807, 2.05) is 12.1 Å². The van der Waals surface area contributed by atoms with Gasteiger partial charge in [-0.1, -0.05) is 6.07 Å². The number of morpholine rings is 1. The first kappa shape index (κ1) is 23.2. The van der Waals surface area contributed by atoms with Crippen molar-refractivity contribution >= 4 is 22.4 Å². The largest absolute Gasteiger partial charge is 0.370 e. The zero-order chi connectivity index (χ0) is 24.5. The molecule has 8 heteroatoms. The third-order valence-electron chi connectivity index (χ3n) is 7.60. The first-order valence-corrected chi connectivity index (χ1v) is 13.0. The van der Waals surface area contributed by atoms with Gasteiger partial charge in [-0.2, -0.15) is 5.26 Å². The fourth-order valence-electron chi connectivity index (χ4n) is 5.82. The highest BCUT2D eigenvalue weighted by atomic mass is 16.5. The standard InChI is InChI=1S/C28H33N7O/c1-20-17-35(26-6-4-21(15-29)28-24(26)3-2-9-31-28)19-23(36-20)18-33-11-13-34(14-12-33)27-7-5-22-16-30-10-8-25(22)32-27/h2-7,9,20,23,30H,8,10-14,16-19H2,1H3/t20-,23+/m1/s1. The van der Waals surface area contributed by atoms with Crippen LogP contribution in [-0.2, 0) is 17.7 Å². The van der Waals surface area contributed by atoms with Gasteiger partial charge in [0.05, 0.1) is 23.3 Å². The van der Waals surface area contributed by atoms with Crippen LogP contribution in [0.1, 0.15) is 23.7 Å². The molecule has 2 fully saturated rings. The summed E-state index contributed by atoms with van der Waals surface area (Å²) in [4.78, 5) is 16.8. The Bertz CT molecular complexity index is 1280. The number of nitrogens with zero attached hydrogens (tertiary/aromatic N) is 6. The van der Waals surface area contributed by atoms with Gasteiger partial charge in [-0.05, 0) is 42.8 Å². The monoisotopic (exact) mass is 483 g/mol. The summed E-state index contributed by atoms with van der Waals surface area (Å²) in [6.45, 7) is 10.7. The number of benzene rings is 1. The zero-order valence-electron chi connectivity index (χ0n) is 20.9. The molecule has 6 rings (SSSR count). The minimum absolute atomic E-state index is 0.136. The van der Waals surface area contributed by atoms with Gasteiger partial charge in [-0.15, -0.1) is 0 Å². The predicted molar refractivity (Wildman–Crippen MR) is 141 cm³/mol. The lowest BCUT2D eigenvalue weighted by Crippen LogP contribution is -2.54. The fourth-order valence-corrected chi connectivity index (χ4v) is 5.82. The summed E-state index contributed by atoms with van der Waals surface area (Å²) in [7, 11) is 0. The number of hydrogen-bond donors (Lipinski definition) is 1. The second-order valence-corrected chi connectivity index (χ2v) is 10.1. The van der Waals surface area contributed by atoms with E-state index in [2.05, 4.69) is 62.3 Å². The summed E-state index contributed by atoms with van der Waals surface area (Å²) in [6.07, 6.45) is 3.05. The van der Waals surface area contributed by atoms with Crippen molar-refractivity contribution in [2.24, 2.45) is 0 Å². The average molecular weight is 484 g/mol. The van der Waals surface area contributed by atoms with E-state index in [4.69, 9.17) is 9.72 Å². The fraction of sp³-hybridized carbons (Fsp3) is 0.464. The van der Waals surface area contributed by atoms with E-state index < -0.39 is 0 Å². The molecule has 1 aromatic carbocycles. The van der Waals surface area contributed by atoms with Crippen molar-refractivity contribution in [2.45, 2.75) is 32.1 Å². The van der Waals surface area contributed by atoms with Crippen molar-refractivity contribution in [1.82, 2.24) is 20.2 Å². The quantitative estimate of drug-likeness (QED) is 0.607. The van der Waals surface area contributed by atoms with Gasteiger partial charge in [0.2, 0.25) is 0 Å². The summed E-state index contributed by atoms with van der Waals surface area (Å²) in [5, 5.41) is 14.0. The van der Waals surface area contributed by atoms with Crippen molar-refractivity contribution < 1.29 is 4.74 Å². The van der Waals surface area contributed by atoms with E-state index in [0.29, 0.717) is 5.56 Å². The summed E-state index contributed by atoms with van der Waals surface area (Å²) in [6, 6.07) is 14.7. The average Bonchev–Trinajstić information content (AvgIpc) is 2.92. The molecular weight excluding hydrogens is 450 g/mol. The van der Waals surface area contributed by atoms with E-state index in [0.717, 1.165) is 87.7 Å². The van der Waals surface area contributed by atoms with E-state index >= 15 is 0 Å². The van der Waals surface area contributed by atoms with Crippen LogP contribution in [0.2, 0.25) is 0 Å². The van der Waals surface area contributed by atoms with Crippen LogP contribution in [0.25, 0.3) is 10.9 Å². The topological polar surface area (TPSA) is 80.6 Å². The van der Waals surface area contributed by atoms with Crippen LogP contribution < -0.4 is 15.1 Å². The molecule has 0 amide bonds. The number of rotatable bonds is 4. The number of nitrogens with one attached hydrogen (secondary N) is 1. The van der Waals surface area contributed by atoms with Gasteiger partial charge in [0, 0.05) is 88.3 Å². The summed E-state index contributed by atoms with van der Waals surface area (Å²) in [5.41, 5.74) is 5.12. The van der Waals surface area contributed by atoms with Crippen LogP contribution in [0.5, 0.6) is 0 Å². The minimum atomic E-state index is 0.136. The zero-order valence-corrected chi connectivity index (χ0v) is 20.9. The second-order valence-electron chi connectivity index (χ2n) is 10.1. The number of pyridine rings is 2. The van der Waals surface area contributed by atoms with Crippen LogP contribution in [-0.4, -0.2) is 79.4 Å². The Morgan fingerprint density at radius 3 is 2.83 bits per heavy atom. The second kappa shape index (κ2) is 10.0. The van der Waals surface area contributed by atoms with Gasteiger partial charge in [0.1, 0.15) is 11.9 Å². The summed E-state index contributed by atoms with van der Waals surface area (Å²) in [5.74, 6) is 1.12. The lowest BCUT2D eigenvalue weighted by atomic mass is 10.1. The molecule has 0 unspecified atom stereocenters. The van der Waals surface area contributed by atoms with Crippen LogP contribution in [0.3, 0.4) is 0 Å². The Balaban J connectivity index is 1.11. The third kappa shape index (κ3) is 4.62. The van der Waals surface area contributed by atoms with Crippen LogP contribution in [0.15, 0.2) is 42.6 Å². The highest BCUT2D eigenvalue weighted by molar-refractivity contribution is 5.95. The number of hydrogen-bond acceptors (Lipinski definition) is 8. The normalized spacial score (nSPS) is 22.9. The summed E-state index contributed by atoms with van der Waals surface area (Å²) >= 11 is 0. The molecule has 3 aliphatic heterocycles. The lowest BCUT2D eigenvalue weighted by molar-refractivity contribution is -0.0327. The highest BCUT2D eigenvalue weighted by Gasteiger charge is 2.29. The Labute approximate surface area is 212 Å². The van der Waals surface area contributed by atoms with Crippen molar-refractivity contribution in [3.05, 3.63) is 59.4 Å². The number of fused-ring (bicyclic) bond motifs is 2. The SMILES string of the molecule is C[C@@H]1CN(c2ccc(C#N)c3ncccc23)C[C@H](CN2CCN(c3ccc4c(n3)CCNC4)CC2)O1. The molecule has 36 heavy (non-hydrogen) atoms. The molecule has 0 saturated carbocycles. The van der Waals surface area contributed by atoms with E-state index in [-0.39, 0.29) is 12.2 Å². The number of piperazine rings is 1. The smallest absolute Gasteiger partial charge is 0.128 e. The summed E-state index contributed by atoms with van der Waals surface area (Å²) < 4.78 is 6.39. The molecule has 5 heterocycles. The molecule has 3 aliphatic rings. The third-order valence-corrected chi connectivity index (χ3v) is 7.60. The van der Waals surface area contributed by atoms with E-state index in [9.17, 15) is 5.26 Å². The minimum Gasteiger partial charge on any atom is -0.370 e. The number of anilines is 2. The van der Waals surface area contributed by atoms with Gasteiger partial charge in [0.25, 0.3) is 0 Å². The molecule has 186 valence electrons. The molecule has 1 N–H and O–H groups in total. The van der Waals surface area contributed by atoms with Gasteiger partial charge in [-0.25, -0.2) is 4.98 Å². The first-order chi connectivity index (χ1) is 17.7. The molecule has 2 aromatic heterocycles. The maximum absolute atomic E-state index is 9.51. The number of ether oxygens (including phenoxy) is 1. The van der Waals surface area contributed by atoms with Gasteiger partial charge in [-0.3, -0.25) is 9.88 Å². The Hall–Kier alpha value is -3.25. The molecule has 2 atom stereocenters. The highest BCUT2D eigenvalue weighted by Crippen LogP contribution is 2.30. The van der Waals surface area contributed by atoms with Crippen molar-refractivity contribution in [2.75, 3.05) is 62.2 Å². The van der Waals surface area contributed by atoms with Gasteiger partial charge < -0.3 is 19.9 Å². The van der Waals surface area contributed by atoms with Crippen molar-refractivity contribution in [3.8, 4) is 6.07 Å². The van der Waals surface area contributed by atoms with Crippen LogP contribution in [0, 0.1) is 11.3 Å². The van der Waals surface area contributed by atoms with Crippen molar-refractivity contribution in [3.63, 3.8) is 0 Å². The van der Waals surface area contributed by atoms with Gasteiger partial charge in [0.15, 0.2) is 0 Å². The Morgan fingerprint density at radius 1 is 1.08 bits per heavy atom.